The predicted octanol–water partition coefficient (Wildman–Crippen LogP) is 4.01. The molecule has 0 fully saturated rings. The zero-order chi connectivity index (χ0) is 14.1. The standard InChI is InChI=1S/C15H10BrClN2O/c16-10-6-7-12-11(8-10)15(20)19-14(18-12)13(17)9-4-2-1-3-5-9/h1-8,13H,(H,18,19,20). The fourth-order valence-corrected chi connectivity index (χ4v) is 2.64. The number of benzene rings is 2. The first-order valence-electron chi connectivity index (χ1n) is 6.03. The highest BCUT2D eigenvalue weighted by molar-refractivity contribution is 9.10. The van der Waals surface area contributed by atoms with Crippen LogP contribution in [0, 0.1) is 0 Å². The molecule has 3 aromatic rings. The maximum absolute atomic E-state index is 12.1. The molecule has 0 radical (unpaired) electrons. The molecule has 0 aliphatic heterocycles. The molecule has 1 heterocycles. The van der Waals surface area contributed by atoms with Crippen molar-refractivity contribution in [3.63, 3.8) is 0 Å². The number of aromatic nitrogens is 2. The monoisotopic (exact) mass is 348 g/mol. The van der Waals surface area contributed by atoms with Crippen molar-refractivity contribution in [1.29, 1.82) is 0 Å². The lowest BCUT2D eigenvalue weighted by atomic mass is 10.1. The maximum atomic E-state index is 12.1. The second-order valence-electron chi connectivity index (χ2n) is 4.39. The quantitative estimate of drug-likeness (QED) is 0.710. The molecule has 20 heavy (non-hydrogen) atoms. The highest BCUT2D eigenvalue weighted by Crippen LogP contribution is 2.26. The van der Waals surface area contributed by atoms with E-state index < -0.39 is 5.38 Å². The fraction of sp³-hybridized carbons (Fsp3) is 0.0667. The van der Waals surface area contributed by atoms with Crippen molar-refractivity contribution in [2.45, 2.75) is 5.38 Å². The normalized spacial score (nSPS) is 12.5. The number of alkyl halides is 1. The largest absolute Gasteiger partial charge is 0.308 e. The number of aromatic amines is 1. The minimum Gasteiger partial charge on any atom is -0.308 e. The summed E-state index contributed by atoms with van der Waals surface area (Å²) in [5, 5.41) is 0.0667. The molecule has 1 aromatic heterocycles. The van der Waals surface area contributed by atoms with E-state index in [1.807, 2.05) is 36.4 Å². The lowest BCUT2D eigenvalue weighted by Gasteiger charge is -2.10. The Bertz CT molecular complexity index is 817. The third kappa shape index (κ3) is 2.49. The van der Waals surface area contributed by atoms with Crippen LogP contribution in [0.2, 0.25) is 0 Å². The average molecular weight is 350 g/mol. The maximum Gasteiger partial charge on any atom is 0.258 e. The number of hydrogen-bond donors (Lipinski definition) is 1. The molecule has 0 saturated carbocycles. The van der Waals surface area contributed by atoms with Gasteiger partial charge in [-0.1, -0.05) is 46.3 Å². The Kier molecular flexibility index (Phi) is 3.59. The summed E-state index contributed by atoms with van der Waals surface area (Å²) in [4.78, 5) is 19.3. The zero-order valence-electron chi connectivity index (χ0n) is 10.3. The molecule has 0 bridgehead atoms. The first-order valence-corrected chi connectivity index (χ1v) is 7.26. The Morgan fingerprint density at radius 2 is 1.90 bits per heavy atom. The highest BCUT2D eigenvalue weighted by Gasteiger charge is 2.14. The molecule has 3 rings (SSSR count). The Balaban J connectivity index is 2.14. The molecule has 2 aromatic carbocycles. The summed E-state index contributed by atoms with van der Waals surface area (Å²) in [6.07, 6.45) is 0. The van der Waals surface area contributed by atoms with Gasteiger partial charge in [0.05, 0.1) is 10.9 Å². The molecule has 5 heteroatoms. The van der Waals surface area contributed by atoms with E-state index in [0.717, 1.165) is 10.0 Å². The molecule has 0 saturated heterocycles. The van der Waals surface area contributed by atoms with Gasteiger partial charge in [0.25, 0.3) is 5.56 Å². The van der Waals surface area contributed by atoms with Crippen molar-refractivity contribution in [2.24, 2.45) is 0 Å². The van der Waals surface area contributed by atoms with Crippen LogP contribution in [0.3, 0.4) is 0 Å². The van der Waals surface area contributed by atoms with Crippen LogP contribution in [0.4, 0.5) is 0 Å². The van der Waals surface area contributed by atoms with Crippen LogP contribution in [0.15, 0.2) is 57.8 Å². The van der Waals surface area contributed by atoms with Crippen LogP contribution in [0.1, 0.15) is 16.8 Å². The number of halogens is 2. The van der Waals surface area contributed by atoms with Gasteiger partial charge in [-0.15, -0.1) is 11.6 Å². The predicted molar refractivity (Wildman–Crippen MR) is 84.2 cm³/mol. The van der Waals surface area contributed by atoms with E-state index in [1.165, 1.54) is 0 Å². The minimum atomic E-state index is -0.475. The van der Waals surface area contributed by atoms with Gasteiger partial charge in [0, 0.05) is 4.47 Å². The van der Waals surface area contributed by atoms with E-state index in [4.69, 9.17) is 11.6 Å². The van der Waals surface area contributed by atoms with Crippen LogP contribution < -0.4 is 5.56 Å². The van der Waals surface area contributed by atoms with Crippen LogP contribution in [0.5, 0.6) is 0 Å². The summed E-state index contributed by atoms with van der Waals surface area (Å²) in [5.74, 6) is 0.456. The second kappa shape index (κ2) is 5.38. The van der Waals surface area contributed by atoms with Gasteiger partial charge in [0.2, 0.25) is 0 Å². The molecule has 0 aliphatic carbocycles. The lowest BCUT2D eigenvalue weighted by Crippen LogP contribution is -2.13. The van der Waals surface area contributed by atoms with E-state index in [-0.39, 0.29) is 5.56 Å². The number of nitrogens with zero attached hydrogens (tertiary/aromatic N) is 1. The van der Waals surface area contributed by atoms with Crippen LogP contribution in [-0.4, -0.2) is 9.97 Å². The Morgan fingerprint density at radius 1 is 1.15 bits per heavy atom. The van der Waals surface area contributed by atoms with E-state index in [1.54, 1.807) is 12.1 Å². The molecule has 0 aliphatic rings. The van der Waals surface area contributed by atoms with Gasteiger partial charge in [-0.3, -0.25) is 4.79 Å². The minimum absolute atomic E-state index is 0.187. The Labute approximate surface area is 128 Å². The summed E-state index contributed by atoms with van der Waals surface area (Å²) < 4.78 is 0.843. The van der Waals surface area contributed by atoms with Crippen LogP contribution >= 0.6 is 27.5 Å². The summed E-state index contributed by atoms with van der Waals surface area (Å²) >= 11 is 9.74. The van der Waals surface area contributed by atoms with Gasteiger partial charge < -0.3 is 4.98 Å². The van der Waals surface area contributed by atoms with E-state index >= 15 is 0 Å². The second-order valence-corrected chi connectivity index (χ2v) is 5.74. The number of nitrogens with one attached hydrogen (secondary N) is 1. The van der Waals surface area contributed by atoms with Gasteiger partial charge in [-0.2, -0.15) is 0 Å². The number of rotatable bonds is 2. The molecular formula is C15H10BrClN2O. The van der Waals surface area contributed by atoms with E-state index in [2.05, 4.69) is 25.9 Å². The number of hydrogen-bond acceptors (Lipinski definition) is 2. The molecule has 0 spiro atoms. The summed E-state index contributed by atoms with van der Waals surface area (Å²) in [5.41, 5.74) is 1.34. The van der Waals surface area contributed by atoms with Crippen molar-refractivity contribution >= 4 is 38.4 Å². The van der Waals surface area contributed by atoms with Crippen molar-refractivity contribution < 1.29 is 0 Å². The summed E-state index contributed by atoms with van der Waals surface area (Å²) in [6, 6.07) is 14.9. The van der Waals surface area contributed by atoms with Crippen LogP contribution in [-0.2, 0) is 0 Å². The van der Waals surface area contributed by atoms with Crippen molar-refractivity contribution in [3.8, 4) is 0 Å². The van der Waals surface area contributed by atoms with Gasteiger partial charge in [-0.25, -0.2) is 4.98 Å². The average Bonchev–Trinajstić information content (AvgIpc) is 2.48. The van der Waals surface area contributed by atoms with Gasteiger partial charge >= 0.3 is 0 Å². The fourth-order valence-electron chi connectivity index (χ4n) is 2.03. The molecule has 100 valence electrons. The molecular weight excluding hydrogens is 340 g/mol. The Morgan fingerprint density at radius 3 is 2.65 bits per heavy atom. The van der Waals surface area contributed by atoms with Crippen molar-refractivity contribution in [3.05, 3.63) is 74.7 Å². The van der Waals surface area contributed by atoms with Gasteiger partial charge in [0.1, 0.15) is 11.2 Å². The van der Waals surface area contributed by atoms with Crippen molar-refractivity contribution in [1.82, 2.24) is 9.97 Å². The number of H-pyrrole nitrogens is 1. The Hall–Kier alpha value is -1.65. The highest BCUT2D eigenvalue weighted by atomic mass is 79.9. The van der Waals surface area contributed by atoms with Crippen molar-refractivity contribution in [2.75, 3.05) is 0 Å². The number of fused-ring (bicyclic) bond motifs is 1. The lowest BCUT2D eigenvalue weighted by molar-refractivity contribution is 0.946. The molecule has 1 unspecified atom stereocenters. The zero-order valence-corrected chi connectivity index (χ0v) is 12.6. The smallest absolute Gasteiger partial charge is 0.258 e. The molecule has 1 N–H and O–H groups in total. The topological polar surface area (TPSA) is 45.8 Å². The molecule has 0 amide bonds. The third-order valence-electron chi connectivity index (χ3n) is 3.02. The van der Waals surface area contributed by atoms with Gasteiger partial charge in [0.15, 0.2) is 0 Å². The molecule has 1 atom stereocenters. The summed E-state index contributed by atoms with van der Waals surface area (Å²) in [7, 11) is 0. The first-order chi connectivity index (χ1) is 9.65. The summed E-state index contributed by atoms with van der Waals surface area (Å²) in [6.45, 7) is 0. The first kappa shape index (κ1) is 13.3. The molecule has 3 nitrogen and oxygen atoms in total. The van der Waals surface area contributed by atoms with E-state index in [0.29, 0.717) is 16.7 Å². The van der Waals surface area contributed by atoms with Gasteiger partial charge in [-0.05, 0) is 23.8 Å². The van der Waals surface area contributed by atoms with E-state index in [9.17, 15) is 4.79 Å². The SMILES string of the molecule is O=c1[nH]c(C(Cl)c2ccccc2)nc2ccc(Br)cc12. The van der Waals surface area contributed by atoms with Crippen LogP contribution in [0.25, 0.3) is 10.9 Å². The third-order valence-corrected chi connectivity index (χ3v) is 3.97.